The van der Waals surface area contributed by atoms with Crippen molar-refractivity contribution in [3.63, 3.8) is 0 Å². The Morgan fingerprint density at radius 1 is 1.56 bits per heavy atom. The van der Waals surface area contributed by atoms with E-state index in [4.69, 9.17) is 16.7 Å². The molecule has 4 nitrogen and oxygen atoms in total. The van der Waals surface area contributed by atoms with Crippen LogP contribution >= 0.6 is 11.6 Å². The fourth-order valence-corrected chi connectivity index (χ4v) is 2.27. The lowest BCUT2D eigenvalue weighted by Gasteiger charge is -2.38. The third-order valence-electron chi connectivity index (χ3n) is 2.89. The molecular formula is C11H15ClN2O2. The molecule has 0 radical (unpaired) electrons. The van der Waals surface area contributed by atoms with Crippen LogP contribution in [0.5, 0.6) is 0 Å². The summed E-state index contributed by atoms with van der Waals surface area (Å²) in [6.07, 6.45) is 3.11. The zero-order valence-corrected chi connectivity index (χ0v) is 9.69. The number of piperidine rings is 1. The maximum absolute atomic E-state index is 10.0. The summed E-state index contributed by atoms with van der Waals surface area (Å²) in [4.78, 5) is 6.12. The molecule has 2 heterocycles. The predicted molar refractivity (Wildman–Crippen MR) is 62.7 cm³/mol. The first kappa shape index (κ1) is 11.6. The molecule has 1 saturated heterocycles. The van der Waals surface area contributed by atoms with Crippen LogP contribution in [0, 0.1) is 0 Å². The molecule has 0 spiro atoms. The summed E-state index contributed by atoms with van der Waals surface area (Å²) in [5.74, 6) is 0.677. The van der Waals surface area contributed by atoms with Crippen molar-refractivity contribution in [2.45, 2.75) is 18.4 Å². The fraction of sp³-hybridized carbons (Fsp3) is 0.545. The minimum atomic E-state index is -1.03. The van der Waals surface area contributed by atoms with E-state index in [1.54, 1.807) is 18.3 Å². The van der Waals surface area contributed by atoms with Crippen LogP contribution in [0.2, 0.25) is 5.02 Å². The van der Waals surface area contributed by atoms with E-state index in [1.807, 2.05) is 4.90 Å². The number of hydrogen-bond donors (Lipinski definition) is 2. The second-order valence-corrected chi connectivity index (χ2v) is 4.62. The van der Waals surface area contributed by atoms with E-state index < -0.39 is 5.60 Å². The molecule has 1 fully saturated rings. The summed E-state index contributed by atoms with van der Waals surface area (Å²) in [5.41, 5.74) is -1.03. The lowest BCUT2D eigenvalue weighted by Crippen LogP contribution is -2.50. The Morgan fingerprint density at radius 3 is 3.06 bits per heavy atom. The van der Waals surface area contributed by atoms with Crippen molar-refractivity contribution in [3.05, 3.63) is 23.4 Å². The molecule has 1 aromatic heterocycles. The van der Waals surface area contributed by atoms with Crippen LogP contribution in [0.15, 0.2) is 18.3 Å². The first-order chi connectivity index (χ1) is 7.64. The molecule has 2 N–H and O–H groups in total. The summed E-state index contributed by atoms with van der Waals surface area (Å²) < 4.78 is 0. The molecule has 88 valence electrons. The van der Waals surface area contributed by atoms with E-state index >= 15 is 0 Å². The van der Waals surface area contributed by atoms with Gasteiger partial charge in [0.25, 0.3) is 0 Å². The Balaban J connectivity index is 2.19. The van der Waals surface area contributed by atoms with Crippen LogP contribution in [-0.4, -0.2) is 40.5 Å². The molecule has 0 bridgehead atoms. The number of hydrogen-bond acceptors (Lipinski definition) is 4. The Bertz CT molecular complexity index is 375. The number of anilines is 1. The van der Waals surface area contributed by atoms with E-state index in [-0.39, 0.29) is 6.61 Å². The zero-order valence-electron chi connectivity index (χ0n) is 8.93. The molecule has 16 heavy (non-hydrogen) atoms. The normalized spacial score (nSPS) is 25.8. The molecular weight excluding hydrogens is 228 g/mol. The maximum atomic E-state index is 10.0. The van der Waals surface area contributed by atoms with Crippen molar-refractivity contribution in [1.29, 1.82) is 0 Å². The molecule has 0 aliphatic carbocycles. The van der Waals surface area contributed by atoms with Gasteiger partial charge in [-0.3, -0.25) is 0 Å². The summed E-state index contributed by atoms with van der Waals surface area (Å²) in [6.45, 7) is 0.952. The summed E-state index contributed by atoms with van der Waals surface area (Å²) in [7, 11) is 0. The van der Waals surface area contributed by atoms with Crippen LogP contribution in [0.1, 0.15) is 12.8 Å². The van der Waals surface area contributed by atoms with Gasteiger partial charge in [0, 0.05) is 12.7 Å². The highest BCUT2D eigenvalue weighted by Crippen LogP contribution is 2.28. The van der Waals surface area contributed by atoms with E-state index in [2.05, 4.69) is 4.98 Å². The molecule has 0 saturated carbocycles. The number of aliphatic hydroxyl groups excluding tert-OH is 1. The number of aromatic nitrogens is 1. The number of halogens is 1. The van der Waals surface area contributed by atoms with Crippen molar-refractivity contribution in [2.75, 3.05) is 24.6 Å². The standard InChI is InChI=1S/C11H15ClN2O2/c12-9-3-1-5-13-10(9)14-6-2-4-11(16,7-14)8-15/h1,3,5,15-16H,2,4,6-8H2. The molecule has 0 amide bonds. The quantitative estimate of drug-likeness (QED) is 0.814. The Morgan fingerprint density at radius 2 is 2.38 bits per heavy atom. The van der Waals surface area contributed by atoms with E-state index in [9.17, 15) is 5.11 Å². The monoisotopic (exact) mass is 242 g/mol. The lowest BCUT2D eigenvalue weighted by molar-refractivity contribution is -0.0242. The highest BCUT2D eigenvalue weighted by Gasteiger charge is 2.33. The number of rotatable bonds is 2. The van der Waals surface area contributed by atoms with Crippen molar-refractivity contribution < 1.29 is 10.2 Å². The van der Waals surface area contributed by atoms with Gasteiger partial charge in [-0.1, -0.05) is 11.6 Å². The molecule has 5 heteroatoms. The van der Waals surface area contributed by atoms with Crippen LogP contribution in [0.4, 0.5) is 5.82 Å². The molecule has 1 unspecified atom stereocenters. The minimum absolute atomic E-state index is 0.228. The van der Waals surface area contributed by atoms with Gasteiger partial charge in [0.2, 0.25) is 0 Å². The fourth-order valence-electron chi connectivity index (χ4n) is 2.03. The van der Waals surface area contributed by atoms with Crippen LogP contribution in [0.3, 0.4) is 0 Å². The SMILES string of the molecule is OCC1(O)CCCN(c2ncccc2Cl)C1. The van der Waals surface area contributed by atoms with Gasteiger partial charge in [-0.15, -0.1) is 0 Å². The second kappa shape index (κ2) is 4.57. The van der Waals surface area contributed by atoms with Crippen LogP contribution in [0.25, 0.3) is 0 Å². The van der Waals surface area contributed by atoms with Gasteiger partial charge in [0.15, 0.2) is 0 Å². The molecule has 1 atom stereocenters. The van der Waals surface area contributed by atoms with Gasteiger partial charge in [-0.05, 0) is 25.0 Å². The molecule has 1 aliphatic rings. The highest BCUT2D eigenvalue weighted by molar-refractivity contribution is 6.32. The first-order valence-electron chi connectivity index (χ1n) is 5.33. The van der Waals surface area contributed by atoms with Gasteiger partial charge in [-0.2, -0.15) is 0 Å². The van der Waals surface area contributed by atoms with Gasteiger partial charge >= 0.3 is 0 Å². The van der Waals surface area contributed by atoms with E-state index in [0.29, 0.717) is 23.8 Å². The largest absolute Gasteiger partial charge is 0.393 e. The third kappa shape index (κ3) is 2.29. The predicted octanol–water partition coefficient (Wildman–Crippen LogP) is 1.06. The summed E-state index contributed by atoms with van der Waals surface area (Å²) >= 11 is 6.05. The smallest absolute Gasteiger partial charge is 0.147 e. The van der Waals surface area contributed by atoms with Crippen molar-refractivity contribution in [3.8, 4) is 0 Å². The molecule has 1 aliphatic heterocycles. The maximum Gasteiger partial charge on any atom is 0.147 e. The average Bonchev–Trinajstić information content (AvgIpc) is 2.30. The van der Waals surface area contributed by atoms with E-state index in [0.717, 1.165) is 13.0 Å². The topological polar surface area (TPSA) is 56.6 Å². The molecule has 1 aromatic rings. The van der Waals surface area contributed by atoms with Crippen molar-refractivity contribution in [1.82, 2.24) is 4.98 Å². The molecule has 0 aromatic carbocycles. The number of pyridine rings is 1. The Labute approximate surface area is 99.5 Å². The Hall–Kier alpha value is -0.840. The summed E-state index contributed by atoms with van der Waals surface area (Å²) in [6, 6.07) is 3.55. The van der Waals surface area contributed by atoms with E-state index in [1.165, 1.54) is 0 Å². The zero-order chi connectivity index (χ0) is 11.6. The average molecular weight is 243 g/mol. The van der Waals surface area contributed by atoms with Gasteiger partial charge in [0.1, 0.15) is 11.4 Å². The number of nitrogens with zero attached hydrogens (tertiary/aromatic N) is 2. The van der Waals surface area contributed by atoms with Gasteiger partial charge in [0.05, 0.1) is 18.2 Å². The highest BCUT2D eigenvalue weighted by atomic mass is 35.5. The van der Waals surface area contributed by atoms with Crippen LogP contribution < -0.4 is 4.90 Å². The number of aliphatic hydroxyl groups is 2. The van der Waals surface area contributed by atoms with Gasteiger partial charge in [-0.25, -0.2) is 4.98 Å². The minimum Gasteiger partial charge on any atom is -0.393 e. The van der Waals surface area contributed by atoms with Crippen LogP contribution in [-0.2, 0) is 0 Å². The van der Waals surface area contributed by atoms with Crippen molar-refractivity contribution in [2.24, 2.45) is 0 Å². The lowest BCUT2D eigenvalue weighted by atomic mass is 9.94. The second-order valence-electron chi connectivity index (χ2n) is 4.22. The molecule has 2 rings (SSSR count). The third-order valence-corrected chi connectivity index (χ3v) is 3.18. The van der Waals surface area contributed by atoms with Gasteiger partial charge < -0.3 is 15.1 Å². The summed E-state index contributed by atoms with van der Waals surface area (Å²) in [5, 5.41) is 19.8. The first-order valence-corrected chi connectivity index (χ1v) is 5.71. The number of β-amino-alcohol motifs (C(OH)–C–C–N with tert-alkyl or cyclic N) is 1. The Kier molecular flexibility index (Phi) is 3.33. The van der Waals surface area contributed by atoms with Crippen molar-refractivity contribution >= 4 is 17.4 Å².